The quantitative estimate of drug-likeness (QED) is 0.213. The summed E-state index contributed by atoms with van der Waals surface area (Å²) in [5.74, 6) is -0.191. The average molecular weight is 631 g/mol. The van der Waals surface area contributed by atoms with Crippen molar-refractivity contribution in [2.45, 2.75) is 79.9 Å². The minimum atomic E-state index is -0.333. The van der Waals surface area contributed by atoms with E-state index in [2.05, 4.69) is 39.1 Å². The van der Waals surface area contributed by atoms with Crippen molar-refractivity contribution in [3.05, 3.63) is 70.3 Å². The van der Waals surface area contributed by atoms with Crippen molar-refractivity contribution in [1.29, 1.82) is 5.26 Å². The van der Waals surface area contributed by atoms with Gasteiger partial charge in [-0.3, -0.25) is 19.7 Å². The summed E-state index contributed by atoms with van der Waals surface area (Å²) in [6.45, 7) is 15.2. The van der Waals surface area contributed by atoms with E-state index in [1.165, 1.54) is 0 Å². The van der Waals surface area contributed by atoms with Gasteiger partial charge in [0.2, 0.25) is 11.9 Å². The van der Waals surface area contributed by atoms with Crippen LogP contribution in [0.5, 0.6) is 0 Å². The maximum atomic E-state index is 13.3. The summed E-state index contributed by atoms with van der Waals surface area (Å²) in [4.78, 5) is 47.8. The van der Waals surface area contributed by atoms with E-state index in [1.807, 2.05) is 41.5 Å². The van der Waals surface area contributed by atoms with Crippen molar-refractivity contribution in [2.24, 2.45) is 11.3 Å². The Kier molecular flexibility index (Phi) is 10.4. The zero-order valence-corrected chi connectivity index (χ0v) is 28.0. The maximum Gasteiger partial charge on any atom is 0.264 e. The predicted octanol–water partition coefficient (Wildman–Crippen LogP) is 6.99. The molecule has 1 unspecified atom stereocenters. The number of nitrogens with zero attached hydrogens (tertiary/aromatic N) is 5. The highest BCUT2D eigenvalue weighted by molar-refractivity contribution is 6.30. The van der Waals surface area contributed by atoms with Gasteiger partial charge < -0.3 is 14.4 Å². The van der Waals surface area contributed by atoms with Crippen LogP contribution < -0.4 is 5.32 Å². The van der Waals surface area contributed by atoms with E-state index >= 15 is 0 Å². The molecule has 3 amide bonds. The number of piperidine rings is 1. The molecule has 1 N–H and O–H groups in total. The molecule has 1 saturated heterocycles. The molecule has 2 heterocycles. The Hall–Kier alpha value is -4.16. The van der Waals surface area contributed by atoms with Gasteiger partial charge in [-0.1, -0.05) is 58.4 Å². The van der Waals surface area contributed by atoms with Gasteiger partial charge >= 0.3 is 0 Å². The second-order valence-corrected chi connectivity index (χ2v) is 13.7. The summed E-state index contributed by atoms with van der Waals surface area (Å²) in [6, 6.07) is 14.4. The van der Waals surface area contributed by atoms with Crippen molar-refractivity contribution in [2.75, 3.05) is 18.4 Å². The number of rotatable bonds is 8. The normalized spacial score (nSPS) is 16.4. The lowest BCUT2D eigenvalue weighted by molar-refractivity contribution is -0.133. The fourth-order valence-electron chi connectivity index (χ4n) is 5.67. The van der Waals surface area contributed by atoms with Crippen molar-refractivity contribution >= 4 is 46.3 Å². The number of allylic oxidation sites excluding steroid dienone is 1. The molecule has 1 aliphatic heterocycles. The summed E-state index contributed by atoms with van der Waals surface area (Å²) in [5, 5.41) is 13.2. The molecule has 1 aliphatic rings. The van der Waals surface area contributed by atoms with Gasteiger partial charge in [0.05, 0.1) is 17.1 Å². The molecular weight excluding hydrogens is 588 g/mol. The van der Waals surface area contributed by atoms with Crippen LogP contribution in [-0.2, 0) is 16.1 Å². The van der Waals surface area contributed by atoms with Crippen LogP contribution in [0.3, 0.4) is 0 Å². The van der Waals surface area contributed by atoms with Crippen LogP contribution in [0.4, 0.5) is 5.95 Å². The van der Waals surface area contributed by atoms with Gasteiger partial charge in [0, 0.05) is 43.2 Å². The number of amides is 3. The lowest BCUT2D eigenvalue weighted by atomic mass is 9.86. The van der Waals surface area contributed by atoms with E-state index in [1.54, 1.807) is 42.2 Å². The molecule has 10 heteroatoms. The van der Waals surface area contributed by atoms with Gasteiger partial charge in [-0.15, -0.1) is 0 Å². The fourth-order valence-corrected chi connectivity index (χ4v) is 5.80. The number of hydrogen-bond donors (Lipinski definition) is 1. The van der Waals surface area contributed by atoms with Gasteiger partial charge in [-0.25, -0.2) is 4.98 Å². The number of anilines is 1. The maximum absolute atomic E-state index is 13.3. The molecule has 9 nitrogen and oxygen atoms in total. The number of nitriles is 1. The van der Waals surface area contributed by atoms with E-state index in [0.29, 0.717) is 41.7 Å². The number of benzene rings is 2. The Morgan fingerprint density at radius 3 is 2.44 bits per heavy atom. The number of halogens is 1. The molecule has 2 atom stereocenters. The van der Waals surface area contributed by atoms with Crippen molar-refractivity contribution in [3.63, 3.8) is 0 Å². The molecule has 4 rings (SSSR count). The molecule has 0 bridgehead atoms. The number of aromatic nitrogens is 2. The monoisotopic (exact) mass is 630 g/mol. The summed E-state index contributed by atoms with van der Waals surface area (Å²) in [7, 11) is 0. The molecule has 0 radical (unpaired) electrons. The Labute approximate surface area is 270 Å². The number of nitrogens with one attached hydrogen (secondary N) is 1. The molecule has 0 aliphatic carbocycles. The number of carbonyl (C=O) groups is 3. The first-order chi connectivity index (χ1) is 21.2. The third-order valence-corrected chi connectivity index (χ3v) is 8.72. The highest BCUT2D eigenvalue weighted by Crippen LogP contribution is 2.33. The lowest BCUT2D eigenvalue weighted by Crippen LogP contribution is -2.44. The van der Waals surface area contributed by atoms with Gasteiger partial charge in [-0.05, 0) is 73.1 Å². The molecule has 1 fully saturated rings. The molecule has 2 aromatic carbocycles. The molecule has 238 valence electrons. The van der Waals surface area contributed by atoms with Gasteiger partial charge in [0.25, 0.3) is 11.8 Å². The van der Waals surface area contributed by atoms with Gasteiger partial charge in [0.15, 0.2) is 0 Å². The van der Waals surface area contributed by atoms with Gasteiger partial charge in [0.1, 0.15) is 11.6 Å². The largest absolute Gasteiger partial charge is 0.336 e. The predicted molar refractivity (Wildman–Crippen MR) is 178 cm³/mol. The highest BCUT2D eigenvalue weighted by Gasteiger charge is 2.31. The molecule has 0 spiro atoms. The van der Waals surface area contributed by atoms with Crippen LogP contribution in [0.1, 0.15) is 83.3 Å². The Morgan fingerprint density at radius 1 is 1.16 bits per heavy atom. The first-order valence-corrected chi connectivity index (χ1v) is 15.8. The summed E-state index contributed by atoms with van der Waals surface area (Å²) >= 11 is 6.04. The zero-order chi connectivity index (χ0) is 33.1. The van der Waals surface area contributed by atoms with E-state index in [0.717, 1.165) is 23.9 Å². The summed E-state index contributed by atoms with van der Waals surface area (Å²) in [6.07, 6.45) is 3.19. The van der Waals surface area contributed by atoms with E-state index < -0.39 is 0 Å². The van der Waals surface area contributed by atoms with Crippen molar-refractivity contribution in [3.8, 4) is 6.07 Å². The Morgan fingerprint density at radius 2 is 1.84 bits per heavy atom. The molecule has 45 heavy (non-hydrogen) atoms. The van der Waals surface area contributed by atoms with E-state index in [-0.39, 0.29) is 46.7 Å². The fraction of sp³-hybridized carbons (Fsp3) is 0.457. The highest BCUT2D eigenvalue weighted by atomic mass is 35.5. The molecule has 1 aromatic heterocycles. The molecule has 3 aromatic rings. The smallest absolute Gasteiger partial charge is 0.264 e. The second kappa shape index (κ2) is 13.9. The van der Waals surface area contributed by atoms with Crippen LogP contribution in [0, 0.1) is 22.7 Å². The molecular formula is C35H43ClN6O3. The number of likely N-dealkylation sites (tertiary alicyclic amines) is 1. The van der Waals surface area contributed by atoms with Crippen LogP contribution in [-0.4, -0.2) is 56.2 Å². The Bertz CT molecular complexity index is 1640. The SMILES string of the molecule is CC(=O)N(Cc1ccc2c(c1)nc(NC(=O)c1ccc(Cl)cc1)n2C1CCCN(C(=O)C(C#N)=CC(C)C)C1)[C@@H](C)C(C)(C)C. The zero-order valence-electron chi connectivity index (χ0n) is 27.2. The standard InChI is InChI=1S/C35H43ClN6O3/c1-22(2)17-27(19-37)33(45)40-16-8-9-29(21-40)42-31-15-10-25(20-41(24(4)43)23(3)35(5,6)7)18-30(31)38-34(42)39-32(44)26-11-13-28(36)14-12-26/h10-15,17-18,22-23,29H,8-9,16,20-21H2,1-7H3,(H,38,39,44)/t23-,29?/m0/s1. The van der Waals surface area contributed by atoms with Crippen molar-refractivity contribution < 1.29 is 14.4 Å². The lowest BCUT2D eigenvalue weighted by Gasteiger charge is -2.37. The average Bonchev–Trinajstić information content (AvgIpc) is 3.34. The van der Waals surface area contributed by atoms with E-state index in [9.17, 15) is 19.6 Å². The number of fused-ring (bicyclic) bond motifs is 1. The first kappa shape index (κ1) is 33.7. The third kappa shape index (κ3) is 7.93. The second-order valence-electron chi connectivity index (χ2n) is 13.3. The number of carbonyl (C=O) groups excluding carboxylic acids is 3. The van der Waals surface area contributed by atoms with E-state index in [4.69, 9.17) is 16.6 Å². The van der Waals surface area contributed by atoms with Crippen molar-refractivity contribution in [1.82, 2.24) is 19.4 Å². The molecule has 0 saturated carbocycles. The van der Waals surface area contributed by atoms with Crippen LogP contribution >= 0.6 is 11.6 Å². The van der Waals surface area contributed by atoms with Gasteiger partial charge in [-0.2, -0.15) is 5.26 Å². The summed E-state index contributed by atoms with van der Waals surface area (Å²) in [5.41, 5.74) is 2.88. The van der Waals surface area contributed by atoms with Crippen LogP contribution in [0.25, 0.3) is 11.0 Å². The number of hydrogen-bond acceptors (Lipinski definition) is 5. The number of imidazole rings is 1. The third-order valence-electron chi connectivity index (χ3n) is 8.46. The van der Waals surface area contributed by atoms with Crippen LogP contribution in [0.15, 0.2) is 54.1 Å². The minimum Gasteiger partial charge on any atom is -0.336 e. The minimum absolute atomic E-state index is 0.00538. The summed E-state index contributed by atoms with van der Waals surface area (Å²) < 4.78 is 1.99. The van der Waals surface area contributed by atoms with Crippen LogP contribution in [0.2, 0.25) is 5.02 Å². The first-order valence-electron chi connectivity index (χ1n) is 15.5. The Balaban J connectivity index is 1.74. The topological polar surface area (TPSA) is 111 Å².